The molecule has 0 bridgehead atoms. The Labute approximate surface area is 118 Å². The van der Waals surface area contributed by atoms with Crippen LogP contribution in [0.1, 0.15) is 11.3 Å². The molecule has 3 N–H and O–H groups in total. The van der Waals surface area contributed by atoms with Gasteiger partial charge in [0.1, 0.15) is 5.75 Å². The summed E-state index contributed by atoms with van der Waals surface area (Å²) in [5, 5.41) is 4.42. The summed E-state index contributed by atoms with van der Waals surface area (Å²) in [5.41, 5.74) is 5.24. The van der Waals surface area contributed by atoms with Gasteiger partial charge < -0.3 is 4.74 Å². The second kappa shape index (κ2) is 5.64. The van der Waals surface area contributed by atoms with Crippen molar-refractivity contribution >= 4 is 0 Å². The van der Waals surface area contributed by atoms with E-state index >= 15 is 0 Å². The van der Waals surface area contributed by atoms with Crippen LogP contribution in [0.3, 0.4) is 0 Å². The number of aromatic nitrogens is 2. The number of aryl methyl sites for hydroxylation is 1. The molecule has 5 heteroatoms. The first kappa shape index (κ1) is 13.1. The van der Waals surface area contributed by atoms with Crippen LogP contribution >= 0.6 is 0 Å². The number of ether oxygens (including phenoxy) is 1. The fourth-order valence-corrected chi connectivity index (χ4v) is 2.77. The van der Waals surface area contributed by atoms with Crippen molar-refractivity contribution in [1.82, 2.24) is 15.2 Å². The summed E-state index contributed by atoms with van der Waals surface area (Å²) in [5.74, 6) is 7.09. The maximum Gasteiger partial charge on any atom is 0.122 e. The standard InChI is InChI=1S/C15H20N4O/c1-19-7-6-13(18-19)9-14(17-16)12-8-11-4-2-3-5-15(11)20-10-12/h2-7,12,14,17H,8-10,16H2,1H3. The van der Waals surface area contributed by atoms with Gasteiger partial charge in [-0.15, -0.1) is 0 Å². The molecule has 1 aromatic heterocycles. The highest BCUT2D eigenvalue weighted by Crippen LogP contribution is 2.28. The summed E-state index contributed by atoms with van der Waals surface area (Å²) in [6.45, 7) is 0.693. The third-order valence-corrected chi connectivity index (χ3v) is 3.89. The van der Waals surface area contributed by atoms with Crippen molar-refractivity contribution in [2.45, 2.75) is 18.9 Å². The second-order valence-electron chi connectivity index (χ2n) is 5.34. The first-order valence-electron chi connectivity index (χ1n) is 6.91. The van der Waals surface area contributed by atoms with Gasteiger partial charge in [-0.25, -0.2) is 0 Å². The summed E-state index contributed by atoms with van der Waals surface area (Å²) < 4.78 is 7.66. The van der Waals surface area contributed by atoms with Crippen LogP contribution in [0.4, 0.5) is 0 Å². The zero-order chi connectivity index (χ0) is 13.9. The molecule has 3 rings (SSSR count). The lowest BCUT2D eigenvalue weighted by Gasteiger charge is -2.31. The van der Waals surface area contributed by atoms with E-state index in [-0.39, 0.29) is 6.04 Å². The third-order valence-electron chi connectivity index (χ3n) is 3.89. The lowest BCUT2D eigenvalue weighted by atomic mass is 9.88. The van der Waals surface area contributed by atoms with Gasteiger partial charge in [-0.1, -0.05) is 18.2 Å². The van der Waals surface area contributed by atoms with Gasteiger partial charge >= 0.3 is 0 Å². The normalized spacial score (nSPS) is 19.2. The van der Waals surface area contributed by atoms with Crippen molar-refractivity contribution in [1.29, 1.82) is 0 Å². The van der Waals surface area contributed by atoms with Crippen LogP contribution in [0.5, 0.6) is 5.75 Å². The SMILES string of the molecule is Cn1ccc(CC(NN)C2COc3ccccc3C2)n1. The zero-order valence-corrected chi connectivity index (χ0v) is 11.6. The highest BCUT2D eigenvalue weighted by molar-refractivity contribution is 5.35. The molecule has 0 fully saturated rings. The molecule has 20 heavy (non-hydrogen) atoms. The molecule has 0 aliphatic carbocycles. The number of nitrogens with two attached hydrogens (primary N) is 1. The lowest BCUT2D eigenvalue weighted by Crippen LogP contribution is -2.46. The maximum absolute atomic E-state index is 5.84. The summed E-state index contributed by atoms with van der Waals surface area (Å²) in [7, 11) is 1.92. The summed E-state index contributed by atoms with van der Waals surface area (Å²) >= 11 is 0. The molecular weight excluding hydrogens is 252 g/mol. The minimum Gasteiger partial charge on any atom is -0.493 e. The Balaban J connectivity index is 1.71. The van der Waals surface area contributed by atoms with Gasteiger partial charge in [0.25, 0.3) is 0 Å². The van der Waals surface area contributed by atoms with Gasteiger partial charge in [-0.3, -0.25) is 16.0 Å². The third kappa shape index (κ3) is 2.69. The monoisotopic (exact) mass is 272 g/mol. The molecule has 0 saturated carbocycles. The first-order chi connectivity index (χ1) is 9.76. The van der Waals surface area contributed by atoms with Crippen molar-refractivity contribution in [2.24, 2.45) is 18.8 Å². The number of hydrogen-bond donors (Lipinski definition) is 2. The Morgan fingerprint density at radius 1 is 1.45 bits per heavy atom. The van der Waals surface area contributed by atoms with Crippen LogP contribution in [-0.2, 0) is 19.9 Å². The molecule has 5 nitrogen and oxygen atoms in total. The van der Waals surface area contributed by atoms with Crippen LogP contribution < -0.4 is 16.0 Å². The Kier molecular flexibility index (Phi) is 3.71. The minimum atomic E-state index is 0.165. The smallest absolute Gasteiger partial charge is 0.122 e. The lowest BCUT2D eigenvalue weighted by molar-refractivity contribution is 0.183. The van der Waals surface area contributed by atoms with E-state index in [1.807, 2.05) is 42.2 Å². The number of hydrazine groups is 1. The Bertz CT molecular complexity index is 581. The van der Waals surface area contributed by atoms with E-state index in [2.05, 4.69) is 16.6 Å². The number of nitrogens with one attached hydrogen (secondary N) is 1. The minimum absolute atomic E-state index is 0.165. The molecule has 0 amide bonds. The molecule has 0 spiro atoms. The highest BCUT2D eigenvalue weighted by atomic mass is 16.5. The quantitative estimate of drug-likeness (QED) is 0.645. The number of para-hydroxylation sites is 1. The topological polar surface area (TPSA) is 65.1 Å². The van der Waals surface area contributed by atoms with Crippen LogP contribution in [-0.4, -0.2) is 22.4 Å². The molecule has 1 aromatic carbocycles. The van der Waals surface area contributed by atoms with Crippen LogP contribution in [0.15, 0.2) is 36.5 Å². The van der Waals surface area contributed by atoms with E-state index < -0.39 is 0 Å². The molecule has 1 aliphatic rings. The van der Waals surface area contributed by atoms with Gasteiger partial charge in [-0.2, -0.15) is 5.10 Å². The summed E-state index contributed by atoms with van der Waals surface area (Å²) in [4.78, 5) is 0. The Morgan fingerprint density at radius 3 is 3.05 bits per heavy atom. The zero-order valence-electron chi connectivity index (χ0n) is 11.6. The molecule has 0 radical (unpaired) electrons. The van der Waals surface area contributed by atoms with Crippen LogP contribution in [0.25, 0.3) is 0 Å². The van der Waals surface area contributed by atoms with E-state index in [9.17, 15) is 0 Å². The van der Waals surface area contributed by atoms with E-state index in [0.717, 1.165) is 24.3 Å². The number of rotatable bonds is 4. The van der Waals surface area contributed by atoms with Crippen LogP contribution in [0, 0.1) is 5.92 Å². The largest absolute Gasteiger partial charge is 0.493 e. The average molecular weight is 272 g/mol. The fourth-order valence-electron chi connectivity index (χ4n) is 2.77. The summed E-state index contributed by atoms with van der Waals surface area (Å²) in [6, 6.07) is 10.4. The number of nitrogens with zero attached hydrogens (tertiary/aromatic N) is 2. The molecule has 106 valence electrons. The number of hydrogen-bond acceptors (Lipinski definition) is 4. The molecule has 0 saturated heterocycles. The van der Waals surface area contributed by atoms with Crippen molar-refractivity contribution in [3.63, 3.8) is 0 Å². The molecule has 2 atom stereocenters. The van der Waals surface area contributed by atoms with Gasteiger partial charge in [0.2, 0.25) is 0 Å². The van der Waals surface area contributed by atoms with Gasteiger partial charge in [-0.05, 0) is 24.1 Å². The molecular formula is C15H20N4O. The first-order valence-corrected chi connectivity index (χ1v) is 6.91. The van der Waals surface area contributed by atoms with Gasteiger partial charge in [0.05, 0.1) is 12.3 Å². The number of benzene rings is 1. The summed E-state index contributed by atoms with van der Waals surface area (Å²) in [6.07, 6.45) is 3.75. The highest BCUT2D eigenvalue weighted by Gasteiger charge is 2.27. The predicted octanol–water partition coefficient (Wildman–Crippen LogP) is 1.05. The molecule has 2 heterocycles. The van der Waals surface area contributed by atoms with Crippen molar-refractivity contribution in [3.05, 3.63) is 47.8 Å². The predicted molar refractivity (Wildman–Crippen MR) is 77.2 cm³/mol. The van der Waals surface area contributed by atoms with Crippen molar-refractivity contribution in [3.8, 4) is 5.75 Å². The van der Waals surface area contributed by atoms with E-state index in [4.69, 9.17) is 10.6 Å². The maximum atomic E-state index is 5.84. The number of fused-ring (bicyclic) bond motifs is 1. The molecule has 2 unspecified atom stereocenters. The van der Waals surface area contributed by atoms with Gasteiger partial charge in [0, 0.05) is 31.6 Å². The second-order valence-corrected chi connectivity index (χ2v) is 5.34. The van der Waals surface area contributed by atoms with E-state index in [1.54, 1.807) is 0 Å². The molecule has 1 aliphatic heterocycles. The van der Waals surface area contributed by atoms with Crippen LogP contribution in [0.2, 0.25) is 0 Å². The van der Waals surface area contributed by atoms with E-state index in [1.165, 1.54) is 5.56 Å². The Morgan fingerprint density at radius 2 is 2.30 bits per heavy atom. The fraction of sp³-hybridized carbons (Fsp3) is 0.400. The van der Waals surface area contributed by atoms with Crippen molar-refractivity contribution in [2.75, 3.05) is 6.61 Å². The van der Waals surface area contributed by atoms with Crippen molar-refractivity contribution < 1.29 is 4.74 Å². The Hall–Kier alpha value is -1.85. The van der Waals surface area contributed by atoms with Gasteiger partial charge in [0.15, 0.2) is 0 Å². The molecule has 2 aromatic rings. The van der Waals surface area contributed by atoms with E-state index in [0.29, 0.717) is 12.5 Å². The average Bonchev–Trinajstić information content (AvgIpc) is 2.89.